The second-order valence-corrected chi connectivity index (χ2v) is 16.5. The maximum absolute atomic E-state index is 12.8. The highest BCUT2D eigenvalue weighted by Crippen LogP contribution is 2.43. The number of hydrogen-bond acceptors (Lipinski definition) is 7. The number of amides is 1. The lowest BCUT2D eigenvalue weighted by Gasteiger charge is -2.24. The normalized spacial score (nSPS) is 15.0. The van der Waals surface area contributed by atoms with Crippen LogP contribution in [0.5, 0.6) is 0 Å². The first-order chi connectivity index (χ1) is 26.3. The summed E-state index contributed by atoms with van der Waals surface area (Å²) in [6.07, 6.45) is 43.9. The number of phosphoric acid groups is 1. The fraction of sp³-hybridized carbons (Fsp3) is 0.841. The molecule has 0 aromatic heterocycles. The summed E-state index contributed by atoms with van der Waals surface area (Å²) in [5, 5.41) is 24.0. The van der Waals surface area contributed by atoms with Crippen LogP contribution >= 0.6 is 7.82 Å². The quantitative estimate of drug-likeness (QED) is 0.0233. The van der Waals surface area contributed by atoms with E-state index in [0.717, 1.165) is 51.4 Å². The number of unbranched alkanes of at least 4 members (excludes halogenated alkanes) is 23. The smallest absolute Gasteiger partial charge is 0.393 e. The summed E-state index contributed by atoms with van der Waals surface area (Å²) < 4.78 is 22.0. The molecule has 4 unspecified atom stereocenters. The van der Waals surface area contributed by atoms with Crippen LogP contribution in [0, 0.1) is 0 Å². The van der Waals surface area contributed by atoms with Gasteiger partial charge in [0.15, 0.2) is 0 Å². The van der Waals surface area contributed by atoms with Crippen molar-refractivity contribution >= 4 is 13.7 Å². The molecule has 0 heterocycles. The number of allylic oxidation sites excluding steroid dienone is 5. The molecule has 9 nitrogen and oxygen atoms in total. The summed E-state index contributed by atoms with van der Waals surface area (Å²) in [5.41, 5.74) is 5.35. The van der Waals surface area contributed by atoms with Crippen LogP contribution in [-0.4, -0.2) is 59.0 Å². The highest BCUT2D eigenvalue weighted by Gasteiger charge is 2.27. The predicted octanol–water partition coefficient (Wildman–Crippen LogP) is 11.3. The topological polar surface area (TPSA) is 151 Å². The molecule has 0 aromatic rings. The number of rotatable bonds is 41. The van der Waals surface area contributed by atoms with Gasteiger partial charge in [0.25, 0.3) is 0 Å². The Morgan fingerprint density at radius 3 is 1.50 bits per heavy atom. The van der Waals surface area contributed by atoms with Crippen LogP contribution in [0.15, 0.2) is 36.5 Å². The van der Waals surface area contributed by atoms with Crippen molar-refractivity contribution in [2.45, 2.75) is 218 Å². The van der Waals surface area contributed by atoms with Gasteiger partial charge >= 0.3 is 7.82 Å². The van der Waals surface area contributed by atoms with Crippen molar-refractivity contribution in [3.8, 4) is 0 Å². The Hall–Kier alpha value is -1.32. The van der Waals surface area contributed by atoms with Crippen LogP contribution in [0.4, 0.5) is 0 Å². The van der Waals surface area contributed by atoms with Crippen molar-refractivity contribution < 1.29 is 33.5 Å². The second kappa shape index (κ2) is 39.9. The number of carbonyl (C=O) groups excluding carboxylic acids is 1. The lowest BCUT2D eigenvalue weighted by molar-refractivity contribution is -0.124. The molecule has 4 atom stereocenters. The van der Waals surface area contributed by atoms with E-state index < -0.39 is 38.6 Å². The fourth-order valence-electron chi connectivity index (χ4n) is 6.39. The van der Waals surface area contributed by atoms with Crippen LogP contribution < -0.4 is 11.1 Å². The Balaban J connectivity index is 4.19. The maximum atomic E-state index is 12.8. The molecule has 318 valence electrons. The molecule has 1 amide bonds. The number of hydrogen-bond donors (Lipinski definition) is 5. The van der Waals surface area contributed by atoms with E-state index >= 15 is 0 Å². The molecule has 0 radical (unpaired) electrons. The molecule has 0 aliphatic carbocycles. The Morgan fingerprint density at radius 1 is 0.630 bits per heavy atom. The van der Waals surface area contributed by atoms with Gasteiger partial charge in [-0.25, -0.2) is 4.57 Å². The standard InChI is InChI=1S/C44H85N2O7P/c1-3-5-7-9-11-13-15-16-17-18-19-20-21-22-23-24-26-27-29-31-33-35-41(47)39-44(49)46-42(40-53-54(50,51)52-38-37-45)43(48)36-34-32-30-28-25-14-12-10-8-6-4-2/h8,10,25,28,34,36,41-43,47-48H,3-7,9,11-24,26-27,29-33,35,37-40,45H2,1-2H3,(H,46,49)(H,50,51)/b10-8+,28-25+,36-34+. The summed E-state index contributed by atoms with van der Waals surface area (Å²) in [6.45, 7) is 3.87. The van der Waals surface area contributed by atoms with Gasteiger partial charge in [0.1, 0.15) is 0 Å². The van der Waals surface area contributed by atoms with Gasteiger partial charge in [0.05, 0.1) is 37.9 Å². The largest absolute Gasteiger partial charge is 0.472 e. The Kier molecular flexibility index (Phi) is 38.9. The monoisotopic (exact) mass is 785 g/mol. The molecular formula is C44H85N2O7P. The molecule has 0 bridgehead atoms. The van der Waals surface area contributed by atoms with E-state index in [-0.39, 0.29) is 19.6 Å². The molecule has 0 rings (SSSR count). The molecule has 0 aliphatic heterocycles. The Labute approximate surface area is 332 Å². The van der Waals surface area contributed by atoms with Crippen LogP contribution in [0.3, 0.4) is 0 Å². The minimum absolute atomic E-state index is 0.0426. The van der Waals surface area contributed by atoms with E-state index in [1.54, 1.807) is 6.08 Å². The molecular weight excluding hydrogens is 699 g/mol. The number of nitrogens with one attached hydrogen (secondary N) is 1. The van der Waals surface area contributed by atoms with E-state index in [4.69, 9.17) is 14.8 Å². The summed E-state index contributed by atoms with van der Waals surface area (Å²) in [5.74, 6) is -0.460. The van der Waals surface area contributed by atoms with Gasteiger partial charge in [-0.1, -0.05) is 192 Å². The number of aliphatic hydroxyl groups excluding tert-OH is 2. The third-order valence-corrected chi connectivity index (χ3v) is 10.7. The average Bonchev–Trinajstić information content (AvgIpc) is 3.15. The van der Waals surface area contributed by atoms with Gasteiger partial charge in [-0.05, 0) is 38.5 Å². The van der Waals surface area contributed by atoms with E-state index in [1.807, 2.05) is 6.08 Å². The van der Waals surface area contributed by atoms with Crippen molar-refractivity contribution in [1.29, 1.82) is 0 Å². The van der Waals surface area contributed by atoms with Gasteiger partial charge in [0, 0.05) is 6.54 Å². The molecule has 0 fully saturated rings. The highest BCUT2D eigenvalue weighted by atomic mass is 31.2. The fourth-order valence-corrected chi connectivity index (χ4v) is 7.15. The van der Waals surface area contributed by atoms with Gasteiger partial charge < -0.3 is 26.2 Å². The number of phosphoric ester groups is 1. The van der Waals surface area contributed by atoms with Crippen molar-refractivity contribution in [2.24, 2.45) is 5.73 Å². The summed E-state index contributed by atoms with van der Waals surface area (Å²) in [7, 11) is -4.41. The number of nitrogens with two attached hydrogens (primary N) is 1. The van der Waals surface area contributed by atoms with Gasteiger partial charge in [0.2, 0.25) is 5.91 Å². The van der Waals surface area contributed by atoms with Crippen molar-refractivity contribution in [2.75, 3.05) is 19.8 Å². The molecule has 0 saturated carbocycles. The third kappa shape index (κ3) is 37.6. The summed E-state index contributed by atoms with van der Waals surface area (Å²) >= 11 is 0. The summed E-state index contributed by atoms with van der Waals surface area (Å²) in [4.78, 5) is 22.7. The molecule has 0 aromatic carbocycles. The molecule has 0 spiro atoms. The van der Waals surface area contributed by atoms with Gasteiger partial charge in [-0.15, -0.1) is 0 Å². The van der Waals surface area contributed by atoms with Gasteiger partial charge in [-0.2, -0.15) is 0 Å². The zero-order valence-electron chi connectivity index (χ0n) is 34.8. The third-order valence-electron chi connectivity index (χ3n) is 9.73. The molecule has 10 heteroatoms. The maximum Gasteiger partial charge on any atom is 0.472 e. The second-order valence-electron chi connectivity index (χ2n) is 15.1. The molecule has 54 heavy (non-hydrogen) atoms. The average molecular weight is 785 g/mol. The van der Waals surface area contributed by atoms with E-state index in [0.29, 0.717) is 12.8 Å². The lowest BCUT2D eigenvalue weighted by Crippen LogP contribution is -2.46. The predicted molar refractivity (Wildman–Crippen MR) is 227 cm³/mol. The van der Waals surface area contributed by atoms with Crippen LogP contribution in [0.1, 0.15) is 200 Å². The van der Waals surface area contributed by atoms with E-state index in [2.05, 4.69) is 43.5 Å². The van der Waals surface area contributed by atoms with Gasteiger partial charge in [-0.3, -0.25) is 13.8 Å². The SMILES string of the molecule is CCC/C=C/CC/C=C/CC/C=C/C(O)C(COP(=O)(O)OCCN)NC(=O)CC(O)CCCCCCCCCCCCCCCCCCCCCCC. The molecule has 6 N–H and O–H groups in total. The minimum atomic E-state index is -4.41. The highest BCUT2D eigenvalue weighted by molar-refractivity contribution is 7.47. The van der Waals surface area contributed by atoms with E-state index in [9.17, 15) is 24.5 Å². The Morgan fingerprint density at radius 2 is 1.06 bits per heavy atom. The number of carbonyl (C=O) groups is 1. The summed E-state index contributed by atoms with van der Waals surface area (Å²) in [6, 6.07) is -1.00. The van der Waals surface area contributed by atoms with Crippen LogP contribution in [-0.2, 0) is 18.4 Å². The first-order valence-electron chi connectivity index (χ1n) is 22.2. The minimum Gasteiger partial charge on any atom is -0.393 e. The first-order valence-corrected chi connectivity index (χ1v) is 23.7. The van der Waals surface area contributed by atoms with Crippen molar-refractivity contribution in [1.82, 2.24) is 5.32 Å². The van der Waals surface area contributed by atoms with Crippen LogP contribution in [0.25, 0.3) is 0 Å². The zero-order valence-corrected chi connectivity index (χ0v) is 35.7. The van der Waals surface area contributed by atoms with Crippen molar-refractivity contribution in [3.05, 3.63) is 36.5 Å². The first kappa shape index (κ1) is 52.7. The molecule has 0 aliphatic rings. The van der Waals surface area contributed by atoms with E-state index in [1.165, 1.54) is 116 Å². The molecule has 0 saturated heterocycles. The van der Waals surface area contributed by atoms with Crippen LogP contribution in [0.2, 0.25) is 0 Å². The zero-order chi connectivity index (χ0) is 39.8. The number of aliphatic hydroxyl groups is 2. The Bertz CT molecular complexity index is 961. The lowest BCUT2D eigenvalue weighted by atomic mass is 10.0. The van der Waals surface area contributed by atoms with Crippen molar-refractivity contribution in [3.63, 3.8) is 0 Å².